The number of hydrogen-bond donors (Lipinski definition) is 0. The number of piperidine rings is 1. The first-order valence-electron chi connectivity index (χ1n) is 11.8. The van der Waals surface area contributed by atoms with Gasteiger partial charge in [-0.1, -0.05) is 12.1 Å². The lowest BCUT2D eigenvalue weighted by Gasteiger charge is -2.68. The molecule has 6 rings (SSSR count). The number of nitrogens with zero attached hydrogens (tertiary/aromatic N) is 1. The van der Waals surface area contributed by atoms with Crippen LogP contribution in [0.2, 0.25) is 0 Å². The van der Waals surface area contributed by atoms with Crippen LogP contribution in [0.3, 0.4) is 0 Å². The van der Waals surface area contributed by atoms with Crippen LogP contribution in [0.5, 0.6) is 11.5 Å². The number of ketones is 1. The Hall–Kier alpha value is -2.47. The molecular weight excluding hydrogens is 424 g/mol. The molecule has 4 nitrogen and oxygen atoms in total. The van der Waals surface area contributed by atoms with Crippen LogP contribution in [0.25, 0.3) is 0 Å². The predicted molar refractivity (Wildman–Crippen MR) is 120 cm³/mol. The third-order valence-electron chi connectivity index (χ3n) is 8.79. The molecule has 33 heavy (non-hydrogen) atoms. The molecular formula is C27H29F2NO3. The zero-order chi connectivity index (χ0) is 23.0. The first kappa shape index (κ1) is 21.1. The molecule has 0 N–H and O–H groups in total. The van der Waals surface area contributed by atoms with Gasteiger partial charge in [-0.3, -0.25) is 9.69 Å². The van der Waals surface area contributed by atoms with Crippen LogP contribution in [0.1, 0.15) is 53.6 Å². The van der Waals surface area contributed by atoms with E-state index in [1.165, 1.54) is 6.07 Å². The summed E-state index contributed by atoms with van der Waals surface area (Å²) in [5.41, 5.74) is 1.20. The van der Waals surface area contributed by atoms with Crippen LogP contribution >= 0.6 is 0 Å². The Balaban J connectivity index is 1.19. The summed E-state index contributed by atoms with van der Waals surface area (Å²) in [7, 11) is 3.13. The van der Waals surface area contributed by atoms with Crippen molar-refractivity contribution in [1.82, 2.24) is 4.90 Å². The normalized spacial score (nSPS) is 34.2. The highest BCUT2D eigenvalue weighted by atomic mass is 19.1. The molecule has 1 aliphatic heterocycles. The van der Waals surface area contributed by atoms with Gasteiger partial charge in [0.1, 0.15) is 11.5 Å². The Kier molecular flexibility index (Phi) is 4.64. The fraction of sp³-hybridized carbons (Fsp3) is 0.519. The number of ether oxygens (including phenoxy) is 2. The zero-order valence-electron chi connectivity index (χ0n) is 19.1. The van der Waals surface area contributed by atoms with Gasteiger partial charge < -0.3 is 9.47 Å². The maximum Gasteiger partial charge on any atom is 0.166 e. The van der Waals surface area contributed by atoms with Crippen molar-refractivity contribution in [3.05, 3.63) is 58.9 Å². The smallest absolute Gasteiger partial charge is 0.166 e. The summed E-state index contributed by atoms with van der Waals surface area (Å²) in [5, 5.41) is 0. The second-order valence-electron chi connectivity index (χ2n) is 10.5. The summed E-state index contributed by atoms with van der Waals surface area (Å²) >= 11 is 0. The van der Waals surface area contributed by atoms with Crippen LogP contribution in [0, 0.1) is 17.2 Å². The molecule has 0 radical (unpaired) electrons. The van der Waals surface area contributed by atoms with Gasteiger partial charge >= 0.3 is 0 Å². The lowest BCUT2D eigenvalue weighted by molar-refractivity contribution is -0.193. The van der Waals surface area contributed by atoms with Crippen molar-refractivity contribution in [3.8, 4) is 11.5 Å². The van der Waals surface area contributed by atoms with E-state index in [1.807, 2.05) is 12.1 Å². The highest BCUT2D eigenvalue weighted by Crippen LogP contribution is 2.69. The van der Waals surface area contributed by atoms with Gasteiger partial charge in [0.2, 0.25) is 0 Å². The molecule has 4 aliphatic rings. The summed E-state index contributed by atoms with van der Waals surface area (Å²) in [4.78, 5) is 15.5. The number of likely N-dealkylation sites (tertiary alicyclic amines) is 1. The number of Topliss-reactive ketones (excluding diaryl/α,β-unsaturated/α-hetero) is 1. The first-order chi connectivity index (χ1) is 15.9. The van der Waals surface area contributed by atoms with Crippen molar-refractivity contribution in [2.75, 3.05) is 14.2 Å². The molecule has 2 saturated carbocycles. The van der Waals surface area contributed by atoms with E-state index in [1.54, 1.807) is 32.4 Å². The number of fused-ring (bicyclic) bond motifs is 1. The van der Waals surface area contributed by atoms with E-state index in [-0.39, 0.29) is 35.4 Å². The van der Waals surface area contributed by atoms with Gasteiger partial charge in [-0.2, -0.15) is 0 Å². The third-order valence-corrected chi connectivity index (χ3v) is 8.79. The molecule has 0 amide bonds. The number of alkyl halides is 1. The van der Waals surface area contributed by atoms with Crippen molar-refractivity contribution >= 4 is 5.78 Å². The molecule has 5 atom stereocenters. The minimum atomic E-state index is -1.34. The molecule has 6 heteroatoms. The van der Waals surface area contributed by atoms with Gasteiger partial charge in [0, 0.05) is 35.5 Å². The Bertz CT molecular complexity index is 1140. The Morgan fingerprint density at radius 1 is 1.12 bits per heavy atom. The van der Waals surface area contributed by atoms with E-state index in [9.17, 15) is 9.18 Å². The molecule has 174 valence electrons. The fourth-order valence-corrected chi connectivity index (χ4v) is 7.37. The maximum absolute atomic E-state index is 16.3. The second kappa shape index (κ2) is 7.26. The van der Waals surface area contributed by atoms with Crippen LogP contribution in [0.4, 0.5) is 8.78 Å². The average Bonchev–Trinajstić information content (AvgIpc) is 3.25. The molecule has 5 unspecified atom stereocenters. The van der Waals surface area contributed by atoms with Gasteiger partial charge in [-0.15, -0.1) is 0 Å². The Morgan fingerprint density at radius 2 is 1.91 bits per heavy atom. The van der Waals surface area contributed by atoms with Crippen LogP contribution < -0.4 is 9.47 Å². The largest absolute Gasteiger partial charge is 0.493 e. The molecule has 0 bridgehead atoms. The van der Waals surface area contributed by atoms with Crippen LogP contribution in [-0.2, 0) is 13.0 Å². The van der Waals surface area contributed by atoms with Gasteiger partial charge in [0.15, 0.2) is 17.3 Å². The molecule has 2 aromatic carbocycles. The number of rotatable bonds is 6. The Morgan fingerprint density at radius 3 is 2.61 bits per heavy atom. The molecule has 0 aromatic heterocycles. The quantitative estimate of drug-likeness (QED) is 0.608. The molecule has 2 aromatic rings. The molecule has 3 fully saturated rings. The zero-order valence-corrected chi connectivity index (χ0v) is 19.1. The van der Waals surface area contributed by atoms with E-state index in [0.717, 1.165) is 24.0 Å². The van der Waals surface area contributed by atoms with Gasteiger partial charge in [-0.25, -0.2) is 8.78 Å². The topological polar surface area (TPSA) is 38.8 Å². The number of carbonyl (C=O) groups is 1. The summed E-state index contributed by atoms with van der Waals surface area (Å²) < 4.78 is 40.7. The highest BCUT2D eigenvalue weighted by Gasteiger charge is 2.72. The predicted octanol–water partition coefficient (Wildman–Crippen LogP) is 5.12. The molecule has 1 spiro atoms. The second-order valence-corrected chi connectivity index (χ2v) is 10.5. The van der Waals surface area contributed by atoms with Crippen molar-refractivity contribution in [2.45, 2.75) is 62.8 Å². The number of halogens is 2. The molecule has 1 heterocycles. The van der Waals surface area contributed by atoms with Gasteiger partial charge in [0.25, 0.3) is 0 Å². The minimum absolute atomic E-state index is 0.0153. The van der Waals surface area contributed by atoms with Gasteiger partial charge in [0.05, 0.1) is 14.2 Å². The average molecular weight is 454 g/mol. The monoisotopic (exact) mass is 453 g/mol. The van der Waals surface area contributed by atoms with E-state index in [4.69, 9.17) is 9.47 Å². The lowest BCUT2D eigenvalue weighted by atomic mass is 9.53. The number of methoxy groups -OCH3 is 2. The molecule has 1 saturated heterocycles. The van der Waals surface area contributed by atoms with Crippen molar-refractivity contribution < 1.29 is 23.0 Å². The van der Waals surface area contributed by atoms with Crippen molar-refractivity contribution in [2.24, 2.45) is 11.3 Å². The number of benzene rings is 2. The fourth-order valence-electron chi connectivity index (χ4n) is 7.37. The van der Waals surface area contributed by atoms with Crippen molar-refractivity contribution in [1.29, 1.82) is 0 Å². The summed E-state index contributed by atoms with van der Waals surface area (Å²) in [6.45, 7) is 0.665. The van der Waals surface area contributed by atoms with E-state index in [0.29, 0.717) is 48.9 Å². The van der Waals surface area contributed by atoms with Crippen molar-refractivity contribution in [3.63, 3.8) is 0 Å². The van der Waals surface area contributed by atoms with E-state index < -0.39 is 5.67 Å². The minimum Gasteiger partial charge on any atom is -0.493 e. The van der Waals surface area contributed by atoms with Gasteiger partial charge in [-0.05, 0) is 73.9 Å². The third kappa shape index (κ3) is 3.06. The van der Waals surface area contributed by atoms with E-state index >= 15 is 4.39 Å². The summed E-state index contributed by atoms with van der Waals surface area (Å²) in [6, 6.07) is 10.9. The van der Waals surface area contributed by atoms with Crippen LogP contribution in [0.15, 0.2) is 36.4 Å². The summed E-state index contributed by atoms with van der Waals surface area (Å²) in [5.74, 6) is 0.574. The standard InChI is InChI=1S/C27H29F2NO3/c1-32-21-10-17-9-18(25(31)20(17)11-22(21)33-2)12-26(29)13-24-27(15-26)7-6-23(27)30(24)14-16-4-3-5-19(28)8-16/h3-5,8,10-11,18,23-24H,6-7,9,12-15H2,1-2H3. The maximum atomic E-state index is 16.3. The SMILES string of the molecule is COc1cc2c(cc1OC)C(=O)C(CC1(F)CC3N(Cc4cccc(F)c4)C4CCC43C1)C2. The Labute approximate surface area is 192 Å². The van der Waals surface area contributed by atoms with Crippen LogP contribution in [-0.4, -0.2) is 42.7 Å². The molecule has 3 aliphatic carbocycles. The summed E-state index contributed by atoms with van der Waals surface area (Å²) in [6.07, 6.45) is 3.96. The van der Waals surface area contributed by atoms with E-state index in [2.05, 4.69) is 4.90 Å². The first-order valence-corrected chi connectivity index (χ1v) is 11.8. The highest BCUT2D eigenvalue weighted by molar-refractivity contribution is 6.03. The lowest BCUT2D eigenvalue weighted by Crippen LogP contribution is -2.74. The number of hydrogen-bond acceptors (Lipinski definition) is 4. The number of carbonyl (C=O) groups excluding carboxylic acids is 1.